The molecule has 4 heterocycles. The second-order valence-electron chi connectivity index (χ2n) is 8.18. The van der Waals surface area contributed by atoms with Crippen LogP contribution in [0.25, 0.3) is 10.1 Å². The van der Waals surface area contributed by atoms with Crippen molar-refractivity contribution < 1.29 is 14.4 Å². The van der Waals surface area contributed by atoms with Gasteiger partial charge in [0.15, 0.2) is 0 Å². The van der Waals surface area contributed by atoms with Gasteiger partial charge in [0.1, 0.15) is 5.69 Å². The number of thiazole rings is 1. The first-order chi connectivity index (χ1) is 15.5. The SMILES string of the molecule is Cc1c(C(=O)N2CC(N(C=O)[C@H]3CCN(C(=O)c4cscn4)C3)C2)sc2ccc(Cl)cc12. The zero-order chi connectivity index (χ0) is 22.4. The molecule has 166 valence electrons. The average Bonchev–Trinajstić information content (AvgIpc) is 3.50. The minimum atomic E-state index is -0.0923. The van der Waals surface area contributed by atoms with Crippen molar-refractivity contribution in [3.8, 4) is 0 Å². The van der Waals surface area contributed by atoms with Crippen molar-refractivity contribution in [3.63, 3.8) is 0 Å². The third-order valence-corrected chi connectivity index (χ3v) is 8.39. The van der Waals surface area contributed by atoms with Crippen LogP contribution in [0.4, 0.5) is 0 Å². The molecule has 32 heavy (non-hydrogen) atoms. The number of amides is 3. The molecule has 3 amide bonds. The van der Waals surface area contributed by atoms with Gasteiger partial charge in [0, 0.05) is 41.3 Å². The maximum Gasteiger partial charge on any atom is 0.273 e. The number of aryl methyl sites for hydroxylation is 1. The molecule has 0 spiro atoms. The molecule has 0 radical (unpaired) electrons. The summed E-state index contributed by atoms with van der Waals surface area (Å²) in [4.78, 5) is 47.7. The monoisotopic (exact) mass is 488 g/mol. The van der Waals surface area contributed by atoms with Crippen LogP contribution >= 0.6 is 34.3 Å². The summed E-state index contributed by atoms with van der Waals surface area (Å²) in [6.07, 6.45) is 1.59. The van der Waals surface area contributed by atoms with Crippen LogP contribution in [-0.2, 0) is 4.79 Å². The first kappa shape index (κ1) is 21.4. The molecule has 2 aliphatic heterocycles. The Morgan fingerprint density at radius 1 is 1.19 bits per heavy atom. The van der Waals surface area contributed by atoms with Crippen LogP contribution in [-0.4, -0.2) is 76.2 Å². The lowest BCUT2D eigenvalue weighted by atomic mass is 10.0. The summed E-state index contributed by atoms with van der Waals surface area (Å²) in [6, 6.07) is 5.61. The second-order valence-corrected chi connectivity index (χ2v) is 10.4. The molecule has 2 aliphatic rings. The molecule has 2 fully saturated rings. The molecule has 0 N–H and O–H groups in total. The van der Waals surface area contributed by atoms with Crippen molar-refractivity contribution in [1.82, 2.24) is 19.7 Å². The lowest BCUT2D eigenvalue weighted by Gasteiger charge is -2.45. The Labute approximate surface area is 198 Å². The highest BCUT2D eigenvalue weighted by Gasteiger charge is 2.41. The van der Waals surface area contributed by atoms with E-state index < -0.39 is 0 Å². The highest BCUT2D eigenvalue weighted by Crippen LogP contribution is 2.34. The number of thiophene rings is 1. The predicted molar refractivity (Wildman–Crippen MR) is 126 cm³/mol. The lowest BCUT2D eigenvalue weighted by Crippen LogP contribution is -2.63. The van der Waals surface area contributed by atoms with Crippen LogP contribution in [0.5, 0.6) is 0 Å². The summed E-state index contributed by atoms with van der Waals surface area (Å²) in [5.41, 5.74) is 3.04. The maximum atomic E-state index is 13.1. The van der Waals surface area contributed by atoms with Gasteiger partial charge in [-0.25, -0.2) is 4.98 Å². The molecule has 0 saturated carbocycles. The van der Waals surface area contributed by atoms with E-state index in [1.807, 2.05) is 25.1 Å². The minimum Gasteiger partial charge on any atom is -0.335 e. The molecule has 10 heteroatoms. The smallest absolute Gasteiger partial charge is 0.273 e. The van der Waals surface area contributed by atoms with Crippen molar-refractivity contribution in [2.45, 2.75) is 25.4 Å². The fraction of sp³-hybridized carbons (Fsp3) is 0.364. The molecule has 5 rings (SSSR count). The van der Waals surface area contributed by atoms with Gasteiger partial charge in [0.2, 0.25) is 6.41 Å². The van der Waals surface area contributed by atoms with E-state index in [1.54, 1.807) is 25.6 Å². The number of likely N-dealkylation sites (tertiary alicyclic amines) is 2. The minimum absolute atomic E-state index is 0.00585. The third kappa shape index (κ3) is 3.68. The van der Waals surface area contributed by atoms with Crippen molar-refractivity contribution in [2.24, 2.45) is 0 Å². The average molecular weight is 489 g/mol. The molecule has 0 unspecified atom stereocenters. The van der Waals surface area contributed by atoms with Gasteiger partial charge in [-0.15, -0.1) is 22.7 Å². The van der Waals surface area contributed by atoms with Crippen LogP contribution < -0.4 is 0 Å². The summed E-state index contributed by atoms with van der Waals surface area (Å²) >= 11 is 8.98. The Hall–Kier alpha value is -2.49. The topological polar surface area (TPSA) is 73.8 Å². The molecule has 7 nitrogen and oxygen atoms in total. The quantitative estimate of drug-likeness (QED) is 0.515. The van der Waals surface area contributed by atoms with Crippen LogP contribution in [0.3, 0.4) is 0 Å². The number of carbonyl (C=O) groups excluding carboxylic acids is 3. The Morgan fingerprint density at radius 3 is 2.69 bits per heavy atom. The molecule has 0 aliphatic carbocycles. The number of aromatic nitrogens is 1. The Bertz CT molecular complexity index is 1190. The standard InChI is InChI=1S/C22H21ClN4O3S2/c1-13-17-6-14(23)2-3-19(17)32-20(13)22(30)26-8-16(9-26)27(12-28)15-4-5-25(7-15)21(29)18-10-31-11-24-18/h2-3,6,10-12,15-16H,4-5,7-9H2,1H3/t15-/m0/s1. The van der Waals surface area contributed by atoms with E-state index in [2.05, 4.69) is 4.98 Å². The fourth-order valence-electron chi connectivity index (χ4n) is 4.47. The number of fused-ring (bicyclic) bond motifs is 1. The zero-order valence-electron chi connectivity index (χ0n) is 17.4. The van der Waals surface area contributed by atoms with Crippen LogP contribution in [0.1, 0.15) is 32.1 Å². The Kier molecular flexibility index (Phi) is 5.65. The summed E-state index contributed by atoms with van der Waals surface area (Å²) < 4.78 is 1.04. The fourth-order valence-corrected chi connectivity index (χ4v) is 6.33. The van der Waals surface area contributed by atoms with Gasteiger partial charge < -0.3 is 14.7 Å². The lowest BCUT2D eigenvalue weighted by molar-refractivity contribution is -0.125. The van der Waals surface area contributed by atoms with Gasteiger partial charge in [-0.2, -0.15) is 0 Å². The van der Waals surface area contributed by atoms with Crippen LogP contribution in [0.2, 0.25) is 5.02 Å². The highest BCUT2D eigenvalue weighted by atomic mass is 35.5. The van der Waals surface area contributed by atoms with Crippen molar-refractivity contribution in [1.29, 1.82) is 0 Å². The van der Waals surface area contributed by atoms with E-state index in [0.29, 0.717) is 36.9 Å². The van der Waals surface area contributed by atoms with Crippen molar-refractivity contribution in [3.05, 3.63) is 50.2 Å². The van der Waals surface area contributed by atoms with E-state index in [1.165, 1.54) is 22.7 Å². The first-order valence-corrected chi connectivity index (χ1v) is 12.5. The summed E-state index contributed by atoms with van der Waals surface area (Å²) in [5, 5.41) is 3.40. The molecular formula is C22H21ClN4O3S2. The van der Waals surface area contributed by atoms with Crippen LogP contribution in [0.15, 0.2) is 29.1 Å². The van der Waals surface area contributed by atoms with Gasteiger partial charge in [0.25, 0.3) is 11.8 Å². The summed E-state index contributed by atoms with van der Waals surface area (Å²) in [7, 11) is 0. The van der Waals surface area contributed by atoms with E-state index in [9.17, 15) is 14.4 Å². The molecule has 3 aromatic rings. The largest absolute Gasteiger partial charge is 0.335 e. The number of halogens is 1. The van der Waals surface area contributed by atoms with Gasteiger partial charge in [-0.3, -0.25) is 14.4 Å². The van der Waals surface area contributed by atoms with E-state index in [4.69, 9.17) is 11.6 Å². The molecule has 2 aromatic heterocycles. The Balaban J connectivity index is 1.23. The second kappa shape index (κ2) is 8.46. The number of benzene rings is 1. The normalized spacial score (nSPS) is 18.8. The van der Waals surface area contributed by atoms with Gasteiger partial charge >= 0.3 is 0 Å². The first-order valence-electron chi connectivity index (χ1n) is 10.3. The summed E-state index contributed by atoms with van der Waals surface area (Å²) in [5.74, 6) is -0.0981. The van der Waals surface area contributed by atoms with Gasteiger partial charge in [0.05, 0.1) is 22.5 Å². The predicted octanol–water partition coefficient (Wildman–Crippen LogP) is 3.52. The third-order valence-electron chi connectivity index (χ3n) is 6.31. The molecule has 1 atom stereocenters. The molecule has 2 saturated heterocycles. The van der Waals surface area contributed by atoms with E-state index >= 15 is 0 Å². The van der Waals surface area contributed by atoms with Gasteiger partial charge in [-0.1, -0.05) is 11.6 Å². The maximum absolute atomic E-state index is 13.1. The number of hydrogen-bond donors (Lipinski definition) is 0. The number of carbonyl (C=O) groups is 3. The van der Waals surface area contributed by atoms with Gasteiger partial charge in [-0.05, 0) is 42.5 Å². The summed E-state index contributed by atoms with van der Waals surface area (Å²) in [6.45, 7) is 4.05. The van der Waals surface area contributed by atoms with Crippen LogP contribution in [0, 0.1) is 6.92 Å². The molecular weight excluding hydrogens is 468 g/mol. The molecule has 1 aromatic carbocycles. The zero-order valence-corrected chi connectivity index (χ0v) is 19.8. The van der Waals surface area contributed by atoms with E-state index in [-0.39, 0.29) is 23.9 Å². The highest BCUT2D eigenvalue weighted by molar-refractivity contribution is 7.21. The molecule has 0 bridgehead atoms. The number of nitrogens with zero attached hydrogens (tertiary/aromatic N) is 4. The number of hydrogen-bond acceptors (Lipinski definition) is 6. The van der Waals surface area contributed by atoms with Crippen molar-refractivity contribution in [2.75, 3.05) is 26.2 Å². The van der Waals surface area contributed by atoms with E-state index in [0.717, 1.165) is 33.4 Å². The van der Waals surface area contributed by atoms with Crippen molar-refractivity contribution >= 4 is 62.6 Å². The Morgan fingerprint density at radius 2 is 1.97 bits per heavy atom. The number of rotatable bonds is 5.